The van der Waals surface area contributed by atoms with Crippen molar-refractivity contribution in [2.24, 2.45) is 5.73 Å². The fourth-order valence-corrected chi connectivity index (χ4v) is 2.07. The summed E-state index contributed by atoms with van der Waals surface area (Å²) in [7, 11) is 0. The van der Waals surface area contributed by atoms with E-state index in [0.717, 1.165) is 45.3 Å². The molecule has 4 N–H and O–H groups in total. The van der Waals surface area contributed by atoms with Crippen molar-refractivity contribution in [1.29, 1.82) is 0 Å². The van der Waals surface area contributed by atoms with Gasteiger partial charge in [0.1, 0.15) is 6.04 Å². The molecule has 0 radical (unpaired) electrons. The molecular formula is C11H23N3O2. The highest BCUT2D eigenvalue weighted by molar-refractivity contribution is 5.80. The predicted molar refractivity (Wildman–Crippen MR) is 63.0 cm³/mol. The number of primary amides is 1. The van der Waals surface area contributed by atoms with Gasteiger partial charge in [0.15, 0.2) is 0 Å². The van der Waals surface area contributed by atoms with E-state index in [1.54, 1.807) is 0 Å². The fourth-order valence-electron chi connectivity index (χ4n) is 2.07. The second-order valence-electron chi connectivity index (χ2n) is 4.30. The summed E-state index contributed by atoms with van der Waals surface area (Å²) in [5.41, 5.74) is 5.36. The molecule has 0 aliphatic carbocycles. The summed E-state index contributed by atoms with van der Waals surface area (Å²) >= 11 is 0. The number of nitrogens with one attached hydrogen (secondary N) is 1. The third-order valence-corrected chi connectivity index (χ3v) is 3.04. The summed E-state index contributed by atoms with van der Waals surface area (Å²) < 4.78 is 0. The second kappa shape index (κ2) is 7.60. The molecule has 5 heteroatoms. The minimum Gasteiger partial charge on any atom is -0.396 e. The van der Waals surface area contributed by atoms with Gasteiger partial charge in [-0.25, -0.2) is 0 Å². The zero-order chi connectivity index (χ0) is 11.8. The standard InChI is InChI=1S/C11H23N3O2/c12-11(16)10-9-13-5-7-14(10)6-3-1-2-4-8-15/h10,13,15H,1-9H2,(H2,12,16). The Bertz CT molecular complexity index is 211. The molecule has 1 heterocycles. The van der Waals surface area contributed by atoms with E-state index in [-0.39, 0.29) is 18.6 Å². The summed E-state index contributed by atoms with van der Waals surface area (Å²) in [6, 6.07) is -0.147. The number of piperazine rings is 1. The maximum Gasteiger partial charge on any atom is 0.236 e. The molecule has 1 aliphatic rings. The Kier molecular flexibility index (Phi) is 6.37. The quantitative estimate of drug-likeness (QED) is 0.504. The van der Waals surface area contributed by atoms with Crippen molar-refractivity contribution >= 4 is 5.91 Å². The van der Waals surface area contributed by atoms with E-state index >= 15 is 0 Å². The van der Waals surface area contributed by atoms with Gasteiger partial charge in [-0.05, 0) is 19.4 Å². The summed E-state index contributed by atoms with van der Waals surface area (Å²) in [6.07, 6.45) is 4.12. The highest BCUT2D eigenvalue weighted by atomic mass is 16.2. The van der Waals surface area contributed by atoms with E-state index in [1.165, 1.54) is 0 Å². The van der Waals surface area contributed by atoms with Gasteiger partial charge < -0.3 is 16.2 Å². The van der Waals surface area contributed by atoms with Crippen LogP contribution in [0.2, 0.25) is 0 Å². The number of carbonyl (C=O) groups excluding carboxylic acids is 1. The topological polar surface area (TPSA) is 78.6 Å². The van der Waals surface area contributed by atoms with E-state index in [1.807, 2.05) is 0 Å². The number of amides is 1. The van der Waals surface area contributed by atoms with Crippen LogP contribution in [0.4, 0.5) is 0 Å². The van der Waals surface area contributed by atoms with Crippen LogP contribution in [0, 0.1) is 0 Å². The van der Waals surface area contributed by atoms with Gasteiger partial charge in [0.25, 0.3) is 0 Å². The minimum atomic E-state index is -0.234. The predicted octanol–water partition coefficient (Wildman–Crippen LogP) is -0.702. The number of hydrogen-bond donors (Lipinski definition) is 3. The van der Waals surface area contributed by atoms with Crippen molar-refractivity contribution in [2.45, 2.75) is 31.7 Å². The van der Waals surface area contributed by atoms with Crippen LogP contribution < -0.4 is 11.1 Å². The van der Waals surface area contributed by atoms with Crippen molar-refractivity contribution in [3.63, 3.8) is 0 Å². The van der Waals surface area contributed by atoms with Gasteiger partial charge in [-0.3, -0.25) is 9.69 Å². The molecule has 1 atom stereocenters. The molecule has 0 aromatic carbocycles. The van der Waals surface area contributed by atoms with Crippen molar-refractivity contribution in [3.05, 3.63) is 0 Å². The number of nitrogens with zero attached hydrogens (tertiary/aromatic N) is 1. The van der Waals surface area contributed by atoms with E-state index in [9.17, 15) is 4.79 Å². The first-order valence-corrected chi connectivity index (χ1v) is 6.10. The molecule has 0 aromatic heterocycles. The lowest BCUT2D eigenvalue weighted by atomic mass is 10.1. The Labute approximate surface area is 97.0 Å². The SMILES string of the molecule is NC(=O)C1CNCCN1CCCCCCO. The molecule has 5 nitrogen and oxygen atoms in total. The lowest BCUT2D eigenvalue weighted by Gasteiger charge is -2.34. The summed E-state index contributed by atoms with van der Waals surface area (Å²) in [5.74, 6) is -0.234. The summed E-state index contributed by atoms with van der Waals surface area (Å²) in [4.78, 5) is 13.4. The number of unbranched alkanes of at least 4 members (excludes halogenated alkanes) is 3. The summed E-state index contributed by atoms with van der Waals surface area (Å²) in [6.45, 7) is 3.71. The number of rotatable bonds is 7. The van der Waals surface area contributed by atoms with Crippen LogP contribution in [0.15, 0.2) is 0 Å². The average molecular weight is 229 g/mol. The van der Waals surface area contributed by atoms with Gasteiger partial charge in [0.2, 0.25) is 5.91 Å². The van der Waals surface area contributed by atoms with E-state index < -0.39 is 0 Å². The molecule has 1 aliphatic heterocycles. The highest BCUT2D eigenvalue weighted by Crippen LogP contribution is 2.07. The molecule has 16 heavy (non-hydrogen) atoms. The van der Waals surface area contributed by atoms with Crippen LogP contribution in [0.25, 0.3) is 0 Å². The monoisotopic (exact) mass is 229 g/mol. The second-order valence-corrected chi connectivity index (χ2v) is 4.30. The Balaban J connectivity index is 2.19. The van der Waals surface area contributed by atoms with E-state index in [2.05, 4.69) is 10.2 Å². The Morgan fingerprint density at radius 2 is 2.12 bits per heavy atom. The Morgan fingerprint density at radius 1 is 1.38 bits per heavy atom. The maximum atomic E-state index is 11.2. The van der Waals surface area contributed by atoms with Crippen LogP contribution in [0.1, 0.15) is 25.7 Å². The molecule has 1 saturated heterocycles. The molecule has 0 aromatic rings. The van der Waals surface area contributed by atoms with Crippen molar-refractivity contribution in [2.75, 3.05) is 32.8 Å². The lowest BCUT2D eigenvalue weighted by Crippen LogP contribution is -2.56. The lowest BCUT2D eigenvalue weighted by molar-refractivity contribution is -0.123. The molecule has 0 saturated carbocycles. The van der Waals surface area contributed by atoms with Gasteiger partial charge in [0.05, 0.1) is 0 Å². The number of hydrogen-bond acceptors (Lipinski definition) is 4. The van der Waals surface area contributed by atoms with E-state index in [4.69, 9.17) is 10.8 Å². The smallest absolute Gasteiger partial charge is 0.236 e. The molecule has 0 spiro atoms. The van der Waals surface area contributed by atoms with Gasteiger partial charge >= 0.3 is 0 Å². The number of aliphatic hydroxyl groups is 1. The first-order chi connectivity index (χ1) is 7.75. The first-order valence-electron chi connectivity index (χ1n) is 6.10. The zero-order valence-electron chi connectivity index (χ0n) is 9.82. The fraction of sp³-hybridized carbons (Fsp3) is 0.909. The number of nitrogens with two attached hydrogens (primary N) is 1. The molecule has 1 unspecified atom stereocenters. The molecular weight excluding hydrogens is 206 g/mol. The van der Waals surface area contributed by atoms with Gasteiger partial charge in [0, 0.05) is 26.2 Å². The molecule has 1 rings (SSSR count). The van der Waals surface area contributed by atoms with Crippen LogP contribution in [0.5, 0.6) is 0 Å². The average Bonchev–Trinajstić information content (AvgIpc) is 2.29. The third-order valence-electron chi connectivity index (χ3n) is 3.04. The normalized spacial score (nSPS) is 22.2. The molecule has 0 bridgehead atoms. The van der Waals surface area contributed by atoms with Crippen LogP contribution >= 0.6 is 0 Å². The first kappa shape index (κ1) is 13.4. The van der Waals surface area contributed by atoms with Gasteiger partial charge in [-0.2, -0.15) is 0 Å². The zero-order valence-corrected chi connectivity index (χ0v) is 9.82. The van der Waals surface area contributed by atoms with Crippen LogP contribution in [0.3, 0.4) is 0 Å². The molecule has 1 fully saturated rings. The summed E-state index contributed by atoms with van der Waals surface area (Å²) in [5, 5.41) is 11.8. The maximum absolute atomic E-state index is 11.2. The van der Waals surface area contributed by atoms with Crippen molar-refractivity contribution < 1.29 is 9.90 Å². The third kappa shape index (κ3) is 4.47. The molecule has 1 amide bonds. The molecule has 94 valence electrons. The van der Waals surface area contributed by atoms with Crippen molar-refractivity contribution in [3.8, 4) is 0 Å². The van der Waals surface area contributed by atoms with Gasteiger partial charge in [-0.1, -0.05) is 12.8 Å². The van der Waals surface area contributed by atoms with Gasteiger partial charge in [-0.15, -0.1) is 0 Å². The largest absolute Gasteiger partial charge is 0.396 e. The Hall–Kier alpha value is -0.650. The number of aliphatic hydroxyl groups excluding tert-OH is 1. The van der Waals surface area contributed by atoms with Crippen LogP contribution in [-0.4, -0.2) is 54.7 Å². The number of carbonyl (C=O) groups is 1. The highest BCUT2D eigenvalue weighted by Gasteiger charge is 2.25. The minimum absolute atomic E-state index is 0.147. The van der Waals surface area contributed by atoms with E-state index in [0.29, 0.717) is 6.54 Å². The van der Waals surface area contributed by atoms with Crippen LogP contribution in [-0.2, 0) is 4.79 Å². The van der Waals surface area contributed by atoms with Crippen molar-refractivity contribution in [1.82, 2.24) is 10.2 Å². The Morgan fingerprint density at radius 3 is 2.81 bits per heavy atom.